The Kier molecular flexibility index (Phi) is 3.98. The zero-order chi connectivity index (χ0) is 16.4. The van der Waals surface area contributed by atoms with E-state index in [1.807, 2.05) is 44.2 Å². The van der Waals surface area contributed by atoms with Gasteiger partial charge in [0.05, 0.1) is 16.9 Å². The number of nitriles is 1. The standard InChI is InChI=1S/C18H18N4O/c1-12-9-17(16(11-19)13(2)20-12)21-14-5-3-6-15(10-14)22-8-4-7-18(22)23/h3,5-6,9-10H,4,7-8H2,1-2H3,(H,20,21). The number of benzene rings is 1. The van der Waals surface area contributed by atoms with Gasteiger partial charge in [0.1, 0.15) is 6.07 Å². The maximum absolute atomic E-state index is 11.9. The molecule has 0 bridgehead atoms. The molecule has 1 saturated heterocycles. The van der Waals surface area contributed by atoms with E-state index in [9.17, 15) is 10.1 Å². The molecule has 1 N–H and O–H groups in total. The molecule has 1 aliphatic heterocycles. The first-order valence-electron chi connectivity index (χ1n) is 7.64. The summed E-state index contributed by atoms with van der Waals surface area (Å²) in [5, 5.41) is 12.6. The van der Waals surface area contributed by atoms with E-state index in [4.69, 9.17) is 0 Å². The number of rotatable bonds is 3. The van der Waals surface area contributed by atoms with Crippen LogP contribution in [0.3, 0.4) is 0 Å². The highest BCUT2D eigenvalue weighted by molar-refractivity contribution is 5.95. The van der Waals surface area contributed by atoms with Crippen LogP contribution in [0.25, 0.3) is 0 Å². The minimum atomic E-state index is 0.162. The van der Waals surface area contributed by atoms with Crippen molar-refractivity contribution in [1.29, 1.82) is 5.26 Å². The van der Waals surface area contributed by atoms with Gasteiger partial charge in [-0.25, -0.2) is 0 Å². The zero-order valence-electron chi connectivity index (χ0n) is 13.3. The van der Waals surface area contributed by atoms with Crippen LogP contribution >= 0.6 is 0 Å². The van der Waals surface area contributed by atoms with Gasteiger partial charge in [0.2, 0.25) is 5.91 Å². The SMILES string of the molecule is Cc1cc(Nc2cccc(N3CCCC3=O)c2)c(C#N)c(C)n1. The summed E-state index contributed by atoms with van der Waals surface area (Å²) in [5.41, 5.74) is 4.58. The molecule has 1 aromatic carbocycles. The van der Waals surface area contributed by atoms with E-state index in [0.29, 0.717) is 17.7 Å². The van der Waals surface area contributed by atoms with Crippen LogP contribution in [0.2, 0.25) is 0 Å². The fourth-order valence-corrected chi connectivity index (χ4v) is 2.90. The molecule has 0 aliphatic carbocycles. The van der Waals surface area contributed by atoms with Crippen molar-refractivity contribution in [3.63, 3.8) is 0 Å². The molecule has 116 valence electrons. The molecule has 1 amide bonds. The smallest absolute Gasteiger partial charge is 0.227 e. The van der Waals surface area contributed by atoms with Gasteiger partial charge < -0.3 is 10.2 Å². The lowest BCUT2D eigenvalue weighted by Crippen LogP contribution is -2.23. The van der Waals surface area contributed by atoms with Crippen molar-refractivity contribution in [2.24, 2.45) is 0 Å². The van der Waals surface area contributed by atoms with Gasteiger partial charge in [0, 0.05) is 30.0 Å². The molecule has 1 aliphatic rings. The van der Waals surface area contributed by atoms with Crippen LogP contribution in [0.4, 0.5) is 17.1 Å². The molecule has 0 saturated carbocycles. The summed E-state index contributed by atoms with van der Waals surface area (Å²) in [4.78, 5) is 18.0. The Hall–Kier alpha value is -2.87. The van der Waals surface area contributed by atoms with Gasteiger partial charge in [-0.15, -0.1) is 0 Å². The van der Waals surface area contributed by atoms with Crippen LogP contribution in [0.15, 0.2) is 30.3 Å². The number of hydrogen-bond donors (Lipinski definition) is 1. The Morgan fingerprint density at radius 2 is 2.13 bits per heavy atom. The normalized spacial score (nSPS) is 14.0. The number of carbonyl (C=O) groups is 1. The Morgan fingerprint density at radius 3 is 2.83 bits per heavy atom. The van der Waals surface area contributed by atoms with Gasteiger partial charge in [-0.2, -0.15) is 5.26 Å². The fraction of sp³-hybridized carbons (Fsp3) is 0.278. The molecule has 0 atom stereocenters. The summed E-state index contributed by atoms with van der Waals surface area (Å²) in [6.07, 6.45) is 1.51. The summed E-state index contributed by atoms with van der Waals surface area (Å²) >= 11 is 0. The maximum Gasteiger partial charge on any atom is 0.227 e. The van der Waals surface area contributed by atoms with E-state index in [1.165, 1.54) is 0 Å². The van der Waals surface area contributed by atoms with Crippen molar-refractivity contribution in [2.75, 3.05) is 16.8 Å². The largest absolute Gasteiger partial charge is 0.354 e. The van der Waals surface area contributed by atoms with Crippen molar-refractivity contribution in [2.45, 2.75) is 26.7 Å². The van der Waals surface area contributed by atoms with Crippen LogP contribution in [0.1, 0.15) is 29.8 Å². The quantitative estimate of drug-likeness (QED) is 0.943. The molecule has 1 aromatic heterocycles. The average Bonchev–Trinajstić information content (AvgIpc) is 2.93. The van der Waals surface area contributed by atoms with E-state index < -0.39 is 0 Å². The summed E-state index contributed by atoms with van der Waals surface area (Å²) < 4.78 is 0. The maximum atomic E-state index is 11.9. The predicted molar refractivity (Wildman–Crippen MR) is 89.7 cm³/mol. The number of aromatic nitrogens is 1. The van der Waals surface area contributed by atoms with E-state index in [0.717, 1.165) is 35.7 Å². The molecule has 0 unspecified atom stereocenters. The van der Waals surface area contributed by atoms with E-state index in [-0.39, 0.29) is 5.91 Å². The van der Waals surface area contributed by atoms with E-state index in [2.05, 4.69) is 16.4 Å². The Labute approximate surface area is 135 Å². The van der Waals surface area contributed by atoms with Gasteiger partial charge in [-0.3, -0.25) is 9.78 Å². The zero-order valence-corrected chi connectivity index (χ0v) is 13.3. The second-order valence-corrected chi connectivity index (χ2v) is 5.71. The number of carbonyl (C=O) groups excluding carboxylic acids is 1. The molecule has 0 radical (unpaired) electrons. The lowest BCUT2D eigenvalue weighted by molar-refractivity contribution is -0.117. The van der Waals surface area contributed by atoms with Crippen LogP contribution in [-0.2, 0) is 4.79 Å². The molecular formula is C18H18N4O. The number of hydrogen-bond acceptors (Lipinski definition) is 4. The number of nitrogens with zero attached hydrogens (tertiary/aromatic N) is 3. The van der Waals surface area contributed by atoms with E-state index in [1.54, 1.807) is 4.90 Å². The van der Waals surface area contributed by atoms with Gasteiger partial charge in [-0.1, -0.05) is 6.07 Å². The van der Waals surface area contributed by atoms with Gasteiger partial charge in [-0.05, 0) is 44.5 Å². The molecule has 2 heterocycles. The lowest BCUT2D eigenvalue weighted by Gasteiger charge is -2.17. The molecule has 23 heavy (non-hydrogen) atoms. The van der Waals surface area contributed by atoms with Crippen LogP contribution in [0.5, 0.6) is 0 Å². The first kappa shape index (κ1) is 15.0. The topological polar surface area (TPSA) is 69.0 Å². The third kappa shape index (κ3) is 3.02. The van der Waals surface area contributed by atoms with E-state index >= 15 is 0 Å². The molecule has 1 fully saturated rings. The summed E-state index contributed by atoms with van der Waals surface area (Å²) in [5.74, 6) is 0.162. The summed E-state index contributed by atoms with van der Waals surface area (Å²) in [6, 6.07) is 11.8. The monoisotopic (exact) mass is 306 g/mol. The van der Waals surface area contributed by atoms with Gasteiger partial charge >= 0.3 is 0 Å². The Morgan fingerprint density at radius 1 is 1.30 bits per heavy atom. The molecule has 0 spiro atoms. The number of pyridine rings is 1. The average molecular weight is 306 g/mol. The van der Waals surface area contributed by atoms with Crippen LogP contribution in [0, 0.1) is 25.2 Å². The minimum absolute atomic E-state index is 0.162. The fourth-order valence-electron chi connectivity index (χ4n) is 2.90. The molecule has 5 heteroatoms. The van der Waals surface area contributed by atoms with Crippen LogP contribution in [-0.4, -0.2) is 17.4 Å². The third-order valence-corrected chi connectivity index (χ3v) is 3.95. The number of amides is 1. The second kappa shape index (κ2) is 6.09. The number of aryl methyl sites for hydroxylation is 2. The van der Waals surface area contributed by atoms with Gasteiger partial charge in [0.15, 0.2) is 0 Å². The summed E-state index contributed by atoms with van der Waals surface area (Å²) in [7, 11) is 0. The highest BCUT2D eigenvalue weighted by atomic mass is 16.2. The lowest BCUT2D eigenvalue weighted by atomic mass is 10.1. The van der Waals surface area contributed by atoms with Crippen molar-refractivity contribution < 1.29 is 4.79 Å². The first-order valence-corrected chi connectivity index (χ1v) is 7.64. The number of nitrogens with one attached hydrogen (secondary N) is 1. The minimum Gasteiger partial charge on any atom is -0.354 e. The summed E-state index contributed by atoms with van der Waals surface area (Å²) in [6.45, 7) is 4.49. The van der Waals surface area contributed by atoms with Crippen molar-refractivity contribution in [3.05, 3.63) is 47.3 Å². The highest BCUT2D eigenvalue weighted by Gasteiger charge is 2.21. The number of anilines is 3. The second-order valence-electron chi connectivity index (χ2n) is 5.71. The molecule has 3 rings (SSSR count). The Bertz CT molecular complexity index is 807. The molecule has 2 aromatic rings. The highest BCUT2D eigenvalue weighted by Crippen LogP contribution is 2.28. The van der Waals surface area contributed by atoms with Crippen LogP contribution < -0.4 is 10.2 Å². The van der Waals surface area contributed by atoms with Gasteiger partial charge in [0.25, 0.3) is 0 Å². The molecular weight excluding hydrogens is 288 g/mol. The Balaban J connectivity index is 1.93. The third-order valence-electron chi connectivity index (χ3n) is 3.95. The van der Waals surface area contributed by atoms with Crippen molar-refractivity contribution in [1.82, 2.24) is 4.98 Å². The predicted octanol–water partition coefficient (Wildman–Crippen LogP) is 3.44. The van der Waals surface area contributed by atoms with Crippen molar-refractivity contribution >= 4 is 23.0 Å². The molecule has 5 nitrogen and oxygen atoms in total. The van der Waals surface area contributed by atoms with Crippen molar-refractivity contribution in [3.8, 4) is 6.07 Å². The first-order chi connectivity index (χ1) is 11.1.